The van der Waals surface area contributed by atoms with Gasteiger partial charge in [-0.2, -0.15) is 0 Å². The minimum Gasteiger partial charge on any atom is -0.396 e. The summed E-state index contributed by atoms with van der Waals surface area (Å²) in [5.41, 5.74) is 1.01. The second kappa shape index (κ2) is 9.87. The third-order valence-corrected chi connectivity index (χ3v) is 6.31. The number of hydrogen-bond acceptors (Lipinski definition) is 4. The van der Waals surface area contributed by atoms with Crippen LogP contribution in [0.1, 0.15) is 24.8 Å². The molecule has 1 amide bonds. The molecule has 0 bridgehead atoms. The molecule has 0 saturated carbocycles. The lowest BCUT2D eigenvalue weighted by atomic mass is 9.86. The number of aliphatic hydroxyl groups is 1. The quantitative estimate of drug-likeness (QED) is 0.804. The Hall–Kier alpha value is -1.14. The lowest BCUT2D eigenvalue weighted by Gasteiger charge is -2.46. The number of halogens is 1. The number of nitrogens with zero attached hydrogens (tertiary/aromatic N) is 3. The molecule has 2 atom stereocenters. The van der Waals surface area contributed by atoms with Crippen LogP contribution in [0.15, 0.2) is 24.3 Å². The summed E-state index contributed by atoms with van der Waals surface area (Å²) in [5, 5.41) is 10.0. The molecule has 1 aromatic carbocycles. The van der Waals surface area contributed by atoms with E-state index in [0.29, 0.717) is 23.4 Å². The maximum Gasteiger partial charge on any atom is 0.227 e. The van der Waals surface area contributed by atoms with E-state index in [-0.39, 0.29) is 12.5 Å². The van der Waals surface area contributed by atoms with Crippen molar-refractivity contribution >= 4 is 17.5 Å². The Bertz CT molecular complexity index is 602. The van der Waals surface area contributed by atoms with Gasteiger partial charge in [-0.3, -0.25) is 9.69 Å². The second-order valence-corrected chi connectivity index (χ2v) is 8.40. The third kappa shape index (κ3) is 5.67. The molecular formula is C21H32ClN3O2. The molecule has 5 nitrogen and oxygen atoms in total. The fourth-order valence-corrected chi connectivity index (χ4v) is 4.53. The molecular weight excluding hydrogens is 362 g/mol. The number of carbonyl (C=O) groups is 1. The van der Waals surface area contributed by atoms with E-state index in [9.17, 15) is 9.90 Å². The third-order valence-electron chi connectivity index (χ3n) is 6.06. The van der Waals surface area contributed by atoms with Crippen LogP contribution in [-0.2, 0) is 11.2 Å². The van der Waals surface area contributed by atoms with Gasteiger partial charge in [-0.1, -0.05) is 23.7 Å². The molecule has 0 aliphatic carbocycles. The molecule has 0 unspecified atom stereocenters. The zero-order valence-electron chi connectivity index (χ0n) is 16.3. The van der Waals surface area contributed by atoms with Crippen LogP contribution < -0.4 is 0 Å². The van der Waals surface area contributed by atoms with Gasteiger partial charge in [0.15, 0.2) is 0 Å². The molecule has 0 radical (unpaired) electrons. The highest BCUT2D eigenvalue weighted by Gasteiger charge is 2.35. The molecule has 2 aliphatic rings. The van der Waals surface area contributed by atoms with Crippen molar-refractivity contribution in [3.63, 3.8) is 0 Å². The molecule has 2 fully saturated rings. The van der Waals surface area contributed by atoms with Crippen LogP contribution in [0.5, 0.6) is 0 Å². The minimum absolute atomic E-state index is 0.197. The SMILES string of the molecule is CN1CCN([C@H]2CCN(C(=O)Cc3ccc(Cl)cc3)C[C@H]2CCCO)CC1. The summed E-state index contributed by atoms with van der Waals surface area (Å²) >= 11 is 5.94. The van der Waals surface area contributed by atoms with Crippen molar-refractivity contribution in [2.24, 2.45) is 5.92 Å². The van der Waals surface area contributed by atoms with Gasteiger partial charge in [0.2, 0.25) is 5.91 Å². The van der Waals surface area contributed by atoms with Crippen molar-refractivity contribution in [3.8, 4) is 0 Å². The summed E-state index contributed by atoms with van der Waals surface area (Å²) < 4.78 is 0. The Kier molecular flexibility index (Phi) is 7.53. The first kappa shape index (κ1) is 20.6. The summed E-state index contributed by atoms with van der Waals surface area (Å²) in [6.07, 6.45) is 3.27. The van der Waals surface area contributed by atoms with Gasteiger partial charge >= 0.3 is 0 Å². The fraction of sp³-hybridized carbons (Fsp3) is 0.667. The van der Waals surface area contributed by atoms with Crippen LogP contribution in [0.4, 0.5) is 0 Å². The maximum atomic E-state index is 12.8. The Morgan fingerprint density at radius 3 is 2.52 bits per heavy atom. The average Bonchev–Trinajstić information content (AvgIpc) is 2.68. The molecule has 2 aliphatic heterocycles. The van der Waals surface area contributed by atoms with Gasteiger partial charge in [0.05, 0.1) is 6.42 Å². The van der Waals surface area contributed by atoms with Crippen LogP contribution in [0.25, 0.3) is 0 Å². The molecule has 27 heavy (non-hydrogen) atoms. The van der Waals surface area contributed by atoms with Crippen molar-refractivity contribution < 1.29 is 9.90 Å². The number of benzene rings is 1. The number of aliphatic hydroxyl groups excluding tert-OH is 1. The zero-order valence-corrected chi connectivity index (χ0v) is 17.1. The van der Waals surface area contributed by atoms with Crippen molar-refractivity contribution in [1.82, 2.24) is 14.7 Å². The Morgan fingerprint density at radius 2 is 1.85 bits per heavy atom. The van der Waals surface area contributed by atoms with Gasteiger partial charge in [0, 0.05) is 56.9 Å². The maximum absolute atomic E-state index is 12.8. The summed E-state index contributed by atoms with van der Waals surface area (Å²) in [7, 11) is 2.18. The first-order valence-corrected chi connectivity index (χ1v) is 10.5. The molecule has 2 heterocycles. The molecule has 0 spiro atoms. The van der Waals surface area contributed by atoms with E-state index in [1.807, 2.05) is 29.2 Å². The lowest BCUT2D eigenvalue weighted by molar-refractivity contribution is -0.133. The molecule has 0 aromatic heterocycles. The topological polar surface area (TPSA) is 47.0 Å². The van der Waals surface area contributed by atoms with Crippen LogP contribution in [0.3, 0.4) is 0 Å². The Balaban J connectivity index is 1.60. The van der Waals surface area contributed by atoms with Crippen LogP contribution in [-0.4, -0.2) is 84.7 Å². The number of piperidine rings is 1. The first-order valence-electron chi connectivity index (χ1n) is 10.1. The normalized spacial score (nSPS) is 24.9. The zero-order chi connectivity index (χ0) is 19.2. The molecule has 2 saturated heterocycles. The molecule has 1 aromatic rings. The van der Waals surface area contributed by atoms with E-state index in [4.69, 9.17) is 11.6 Å². The van der Waals surface area contributed by atoms with Crippen LogP contribution in [0, 0.1) is 5.92 Å². The largest absolute Gasteiger partial charge is 0.396 e. The number of likely N-dealkylation sites (tertiary alicyclic amines) is 1. The number of likely N-dealkylation sites (N-methyl/N-ethyl adjacent to an activating group) is 1. The van der Waals surface area contributed by atoms with E-state index < -0.39 is 0 Å². The van der Waals surface area contributed by atoms with E-state index in [0.717, 1.165) is 64.1 Å². The standard InChI is InChI=1S/C21H32ClN3O2/c1-23-10-12-24(13-11-23)20-8-9-25(16-18(20)3-2-14-26)21(27)15-17-4-6-19(22)7-5-17/h4-7,18,20,26H,2-3,8-16H2,1H3/t18-,20+/m1/s1. The predicted molar refractivity (Wildman–Crippen MR) is 109 cm³/mol. The van der Waals surface area contributed by atoms with Gasteiger partial charge in [-0.05, 0) is 49.9 Å². The smallest absolute Gasteiger partial charge is 0.227 e. The van der Waals surface area contributed by atoms with Crippen molar-refractivity contribution in [2.75, 3.05) is 52.9 Å². The summed E-state index contributed by atoms with van der Waals surface area (Å²) in [6, 6.07) is 8.08. The van der Waals surface area contributed by atoms with Crippen molar-refractivity contribution in [2.45, 2.75) is 31.7 Å². The molecule has 150 valence electrons. The van der Waals surface area contributed by atoms with Gasteiger partial charge in [0.1, 0.15) is 0 Å². The molecule has 6 heteroatoms. The Morgan fingerprint density at radius 1 is 1.15 bits per heavy atom. The van der Waals surface area contributed by atoms with Gasteiger partial charge in [0.25, 0.3) is 0 Å². The number of carbonyl (C=O) groups excluding carboxylic acids is 1. The van der Waals surface area contributed by atoms with E-state index in [1.165, 1.54) is 0 Å². The van der Waals surface area contributed by atoms with Crippen LogP contribution in [0.2, 0.25) is 5.02 Å². The number of amides is 1. The first-order chi connectivity index (χ1) is 13.1. The number of hydrogen-bond donors (Lipinski definition) is 1. The van der Waals surface area contributed by atoms with E-state index in [1.54, 1.807) is 0 Å². The fourth-order valence-electron chi connectivity index (χ4n) is 4.41. The summed E-state index contributed by atoms with van der Waals surface area (Å²) in [6.45, 7) is 6.31. The highest BCUT2D eigenvalue weighted by molar-refractivity contribution is 6.30. The van der Waals surface area contributed by atoms with Crippen LogP contribution >= 0.6 is 11.6 Å². The number of rotatable bonds is 6. The second-order valence-electron chi connectivity index (χ2n) is 7.96. The average molecular weight is 394 g/mol. The monoisotopic (exact) mass is 393 g/mol. The molecule has 3 rings (SSSR count). The van der Waals surface area contributed by atoms with Gasteiger partial charge in [-0.15, -0.1) is 0 Å². The van der Waals surface area contributed by atoms with Crippen molar-refractivity contribution in [3.05, 3.63) is 34.9 Å². The van der Waals surface area contributed by atoms with Gasteiger partial charge in [-0.25, -0.2) is 0 Å². The summed E-state index contributed by atoms with van der Waals surface area (Å²) in [4.78, 5) is 19.8. The number of piperazine rings is 1. The lowest BCUT2D eigenvalue weighted by Crippen LogP contribution is -2.57. The van der Waals surface area contributed by atoms with E-state index in [2.05, 4.69) is 16.8 Å². The van der Waals surface area contributed by atoms with Gasteiger partial charge < -0.3 is 14.9 Å². The highest BCUT2D eigenvalue weighted by Crippen LogP contribution is 2.27. The van der Waals surface area contributed by atoms with Crippen molar-refractivity contribution in [1.29, 1.82) is 0 Å². The Labute approximate surface area is 167 Å². The predicted octanol–water partition coefficient (Wildman–Crippen LogP) is 2.12. The minimum atomic E-state index is 0.197. The summed E-state index contributed by atoms with van der Waals surface area (Å²) in [5.74, 6) is 0.645. The highest BCUT2D eigenvalue weighted by atomic mass is 35.5. The van der Waals surface area contributed by atoms with E-state index >= 15 is 0 Å². The molecule has 1 N–H and O–H groups in total.